The Morgan fingerprint density at radius 2 is 2.29 bits per heavy atom. The minimum Gasteiger partial charge on any atom is -0.394 e. The van der Waals surface area contributed by atoms with Crippen LogP contribution < -0.4 is 17.2 Å². The van der Waals surface area contributed by atoms with Crippen molar-refractivity contribution in [1.29, 1.82) is 0 Å². The number of amides is 1. The summed E-state index contributed by atoms with van der Waals surface area (Å²) in [5.74, 6) is 0.214. The summed E-state index contributed by atoms with van der Waals surface area (Å²) >= 11 is 0. The van der Waals surface area contributed by atoms with Crippen LogP contribution in [0, 0.1) is 5.92 Å². The van der Waals surface area contributed by atoms with E-state index in [-0.39, 0.29) is 11.8 Å². The van der Waals surface area contributed by atoms with Crippen molar-refractivity contribution in [1.82, 2.24) is 9.78 Å². The lowest BCUT2D eigenvalue weighted by molar-refractivity contribution is -0.118. The number of hydrogen-bond acceptors (Lipinski definition) is 4. The van der Waals surface area contributed by atoms with Crippen molar-refractivity contribution in [2.75, 3.05) is 11.5 Å². The predicted octanol–water partition coefficient (Wildman–Crippen LogP) is -0.441. The van der Waals surface area contributed by atoms with Crippen molar-refractivity contribution < 1.29 is 4.79 Å². The molecule has 0 fully saturated rings. The van der Waals surface area contributed by atoms with Gasteiger partial charge < -0.3 is 17.2 Å². The second-order valence-corrected chi connectivity index (χ2v) is 3.44. The first-order valence-corrected chi connectivity index (χ1v) is 4.35. The zero-order valence-electron chi connectivity index (χ0n) is 8.10. The molecular formula is C8H15N5O. The van der Waals surface area contributed by atoms with Gasteiger partial charge >= 0.3 is 0 Å². The van der Waals surface area contributed by atoms with Crippen molar-refractivity contribution in [2.24, 2.45) is 11.7 Å². The van der Waals surface area contributed by atoms with Gasteiger partial charge in [0, 0.05) is 13.0 Å². The van der Waals surface area contributed by atoms with Gasteiger partial charge in [-0.3, -0.25) is 4.79 Å². The Morgan fingerprint density at radius 1 is 1.64 bits per heavy atom. The van der Waals surface area contributed by atoms with Crippen molar-refractivity contribution in [2.45, 2.75) is 19.9 Å². The molecule has 0 aliphatic rings. The maximum absolute atomic E-state index is 10.6. The molecule has 0 spiro atoms. The lowest BCUT2D eigenvalue weighted by atomic mass is 10.1. The van der Waals surface area contributed by atoms with E-state index in [0.29, 0.717) is 24.5 Å². The normalized spacial score (nSPS) is 12.6. The van der Waals surface area contributed by atoms with Crippen LogP contribution in [0.25, 0.3) is 0 Å². The zero-order chi connectivity index (χ0) is 10.7. The summed E-state index contributed by atoms with van der Waals surface area (Å²) in [6.45, 7) is 2.45. The Morgan fingerprint density at radius 3 is 2.71 bits per heavy atom. The van der Waals surface area contributed by atoms with Gasteiger partial charge in [-0.1, -0.05) is 6.92 Å². The molecule has 0 aromatic carbocycles. The molecule has 6 nitrogen and oxygen atoms in total. The number of nitrogen functional groups attached to an aromatic ring is 2. The number of nitrogens with two attached hydrogens (primary N) is 3. The number of rotatable bonds is 4. The Kier molecular flexibility index (Phi) is 2.95. The molecule has 1 atom stereocenters. The number of carbonyl (C=O) groups excluding carboxylic acids is 1. The zero-order valence-corrected chi connectivity index (χ0v) is 8.10. The Balaban J connectivity index is 2.60. The van der Waals surface area contributed by atoms with E-state index in [1.807, 2.05) is 6.92 Å². The fraction of sp³-hybridized carbons (Fsp3) is 0.500. The van der Waals surface area contributed by atoms with E-state index >= 15 is 0 Å². The molecule has 1 aromatic rings. The standard InChI is InChI=1S/C8H15N5O/c1-5(2-7(10)14)4-13-8(11)6(9)3-12-13/h3,5H,2,4,9,11H2,1H3,(H2,10,14). The SMILES string of the molecule is CC(CC(N)=O)Cn1ncc(N)c1N. The lowest BCUT2D eigenvalue weighted by Gasteiger charge is -2.10. The molecule has 0 aliphatic heterocycles. The first kappa shape index (κ1) is 10.4. The first-order valence-electron chi connectivity index (χ1n) is 4.35. The molecule has 78 valence electrons. The van der Waals surface area contributed by atoms with Gasteiger partial charge in [0.1, 0.15) is 5.82 Å². The third kappa shape index (κ3) is 2.38. The van der Waals surface area contributed by atoms with Crippen LogP contribution in [-0.4, -0.2) is 15.7 Å². The van der Waals surface area contributed by atoms with Crippen molar-refractivity contribution in [3.05, 3.63) is 6.20 Å². The molecule has 0 radical (unpaired) electrons. The maximum Gasteiger partial charge on any atom is 0.217 e. The van der Waals surface area contributed by atoms with Crippen LogP contribution >= 0.6 is 0 Å². The van der Waals surface area contributed by atoms with Gasteiger partial charge in [0.05, 0.1) is 11.9 Å². The van der Waals surface area contributed by atoms with Gasteiger partial charge in [0.2, 0.25) is 5.91 Å². The lowest BCUT2D eigenvalue weighted by Crippen LogP contribution is -2.19. The second kappa shape index (κ2) is 3.99. The fourth-order valence-electron chi connectivity index (χ4n) is 1.26. The van der Waals surface area contributed by atoms with Gasteiger partial charge in [-0.05, 0) is 5.92 Å². The predicted molar refractivity (Wildman–Crippen MR) is 54.0 cm³/mol. The van der Waals surface area contributed by atoms with E-state index in [1.54, 1.807) is 4.68 Å². The smallest absolute Gasteiger partial charge is 0.217 e. The second-order valence-electron chi connectivity index (χ2n) is 3.44. The minimum atomic E-state index is -0.323. The fourth-order valence-corrected chi connectivity index (χ4v) is 1.26. The molecule has 0 aliphatic carbocycles. The number of hydrogen-bond donors (Lipinski definition) is 3. The monoisotopic (exact) mass is 197 g/mol. The average Bonchev–Trinajstić information content (AvgIpc) is 2.34. The Hall–Kier alpha value is -1.72. The van der Waals surface area contributed by atoms with E-state index < -0.39 is 0 Å². The molecule has 14 heavy (non-hydrogen) atoms. The minimum absolute atomic E-state index is 0.106. The molecule has 1 rings (SSSR count). The van der Waals surface area contributed by atoms with Gasteiger partial charge in [0.15, 0.2) is 0 Å². The van der Waals surface area contributed by atoms with Gasteiger partial charge in [-0.25, -0.2) is 4.68 Å². The average molecular weight is 197 g/mol. The Bertz CT molecular complexity index is 332. The van der Waals surface area contributed by atoms with Crippen LogP contribution in [0.4, 0.5) is 11.5 Å². The van der Waals surface area contributed by atoms with E-state index in [1.165, 1.54) is 6.20 Å². The summed E-state index contributed by atoms with van der Waals surface area (Å²) < 4.78 is 1.57. The molecule has 1 aromatic heterocycles. The summed E-state index contributed by atoms with van der Waals surface area (Å²) in [6, 6.07) is 0. The van der Waals surface area contributed by atoms with Gasteiger partial charge in [-0.15, -0.1) is 0 Å². The molecule has 1 unspecified atom stereocenters. The van der Waals surface area contributed by atoms with Crippen LogP contribution in [0.1, 0.15) is 13.3 Å². The highest BCUT2D eigenvalue weighted by Crippen LogP contribution is 2.15. The molecule has 0 saturated carbocycles. The van der Waals surface area contributed by atoms with Gasteiger partial charge in [0.25, 0.3) is 0 Å². The highest BCUT2D eigenvalue weighted by Gasteiger charge is 2.10. The van der Waals surface area contributed by atoms with Crippen molar-refractivity contribution >= 4 is 17.4 Å². The highest BCUT2D eigenvalue weighted by molar-refractivity contribution is 5.73. The third-order valence-corrected chi connectivity index (χ3v) is 1.94. The number of anilines is 2. The number of aromatic nitrogens is 2. The van der Waals surface area contributed by atoms with Crippen LogP contribution in [-0.2, 0) is 11.3 Å². The molecule has 0 bridgehead atoms. The van der Waals surface area contributed by atoms with E-state index in [2.05, 4.69) is 5.10 Å². The quantitative estimate of drug-likeness (QED) is 0.607. The first-order chi connectivity index (χ1) is 6.50. The molecule has 6 heteroatoms. The summed E-state index contributed by atoms with van der Waals surface area (Å²) in [7, 11) is 0. The van der Waals surface area contributed by atoms with Crippen LogP contribution in [0.2, 0.25) is 0 Å². The number of primary amides is 1. The number of carbonyl (C=O) groups is 1. The molecule has 0 saturated heterocycles. The molecular weight excluding hydrogens is 182 g/mol. The molecule has 1 amide bonds. The van der Waals surface area contributed by atoms with E-state index in [4.69, 9.17) is 17.2 Å². The summed E-state index contributed by atoms with van der Waals surface area (Å²) in [6.07, 6.45) is 1.81. The van der Waals surface area contributed by atoms with Crippen molar-refractivity contribution in [3.63, 3.8) is 0 Å². The summed E-state index contributed by atoms with van der Waals surface area (Å²) in [5.41, 5.74) is 16.7. The molecule has 1 heterocycles. The van der Waals surface area contributed by atoms with Crippen molar-refractivity contribution in [3.8, 4) is 0 Å². The Labute approximate surface area is 82.0 Å². The van der Waals surface area contributed by atoms with Crippen LogP contribution in [0.5, 0.6) is 0 Å². The number of nitrogens with zero attached hydrogens (tertiary/aromatic N) is 2. The van der Waals surface area contributed by atoms with Gasteiger partial charge in [-0.2, -0.15) is 5.10 Å². The van der Waals surface area contributed by atoms with E-state index in [0.717, 1.165) is 0 Å². The van der Waals surface area contributed by atoms with Crippen LogP contribution in [0.3, 0.4) is 0 Å². The highest BCUT2D eigenvalue weighted by atomic mass is 16.1. The topological polar surface area (TPSA) is 113 Å². The maximum atomic E-state index is 10.6. The summed E-state index contributed by atoms with van der Waals surface area (Å²) in [4.78, 5) is 10.6. The van der Waals surface area contributed by atoms with Crippen LogP contribution in [0.15, 0.2) is 6.20 Å². The molecule has 6 N–H and O–H groups in total. The van der Waals surface area contributed by atoms with E-state index in [9.17, 15) is 4.79 Å². The third-order valence-electron chi connectivity index (χ3n) is 1.94. The summed E-state index contributed by atoms with van der Waals surface area (Å²) in [5, 5.41) is 3.98. The largest absolute Gasteiger partial charge is 0.394 e.